The van der Waals surface area contributed by atoms with Crippen LogP contribution in [0.5, 0.6) is 0 Å². The van der Waals surface area contributed by atoms with E-state index in [-0.39, 0.29) is 34.2 Å². The number of carbonyl (C=O) groups is 3. The molecule has 1 aromatic heterocycles. The summed E-state index contributed by atoms with van der Waals surface area (Å²) < 4.78 is 16.8. The van der Waals surface area contributed by atoms with Crippen molar-refractivity contribution in [3.05, 3.63) is 33.9 Å². The Morgan fingerprint density at radius 2 is 1.93 bits per heavy atom. The average molecular weight is 401 g/mol. The van der Waals surface area contributed by atoms with Gasteiger partial charge >= 0.3 is 5.97 Å². The number of aromatic carboxylic acids is 1. The maximum atomic E-state index is 15.2. The molecule has 1 fully saturated rings. The number of carboxylic acid groups (broad SMARTS) is 1. The van der Waals surface area contributed by atoms with Crippen LogP contribution in [-0.4, -0.2) is 33.5 Å². The summed E-state index contributed by atoms with van der Waals surface area (Å²) >= 11 is 0. The minimum Gasteiger partial charge on any atom is -0.477 e. The number of nitrogens with zero attached hydrogens (tertiary/aromatic N) is 2. The number of amides is 2. The molecule has 152 valence electrons. The van der Waals surface area contributed by atoms with Crippen molar-refractivity contribution in [1.29, 1.82) is 0 Å². The average Bonchev–Trinajstić information content (AvgIpc) is 3.45. The van der Waals surface area contributed by atoms with Gasteiger partial charge in [-0.2, -0.15) is 0 Å². The zero-order valence-electron chi connectivity index (χ0n) is 16.2. The maximum absolute atomic E-state index is 15.2. The van der Waals surface area contributed by atoms with Crippen molar-refractivity contribution in [3.8, 4) is 0 Å². The zero-order valence-corrected chi connectivity index (χ0v) is 16.2. The van der Waals surface area contributed by atoms with Crippen LogP contribution in [0, 0.1) is 11.7 Å². The number of nitrogens with one attached hydrogen (secondary N) is 1. The molecule has 2 N–H and O–H groups in total. The molecule has 1 atom stereocenters. The first-order valence-corrected chi connectivity index (χ1v) is 9.38. The van der Waals surface area contributed by atoms with E-state index in [2.05, 4.69) is 5.32 Å². The Balaban J connectivity index is 2.14. The number of halogens is 1. The van der Waals surface area contributed by atoms with E-state index in [4.69, 9.17) is 0 Å². The second-order valence-corrected chi connectivity index (χ2v) is 7.86. The predicted molar refractivity (Wildman–Crippen MR) is 104 cm³/mol. The monoisotopic (exact) mass is 401 g/mol. The molecule has 4 rings (SSSR count). The van der Waals surface area contributed by atoms with Gasteiger partial charge in [0.2, 0.25) is 17.2 Å². The topological polar surface area (TPSA) is 109 Å². The van der Waals surface area contributed by atoms with Gasteiger partial charge in [0.25, 0.3) is 0 Å². The van der Waals surface area contributed by atoms with Crippen LogP contribution >= 0.6 is 0 Å². The third kappa shape index (κ3) is 2.80. The number of anilines is 2. The third-order valence-electron chi connectivity index (χ3n) is 5.42. The predicted octanol–water partition coefficient (Wildman–Crippen LogP) is 2.50. The second-order valence-electron chi connectivity index (χ2n) is 7.86. The molecule has 0 saturated heterocycles. The van der Waals surface area contributed by atoms with Crippen molar-refractivity contribution in [2.24, 2.45) is 5.92 Å². The molecule has 9 heteroatoms. The molecule has 0 radical (unpaired) electrons. The molecule has 2 heterocycles. The fourth-order valence-electron chi connectivity index (χ4n) is 4.03. The van der Waals surface area contributed by atoms with E-state index in [1.54, 1.807) is 18.4 Å². The normalized spacial score (nSPS) is 18.7. The number of hydrogen-bond acceptors (Lipinski definition) is 4. The lowest BCUT2D eigenvalue weighted by Gasteiger charge is -2.38. The lowest BCUT2D eigenvalue weighted by atomic mass is 9.96. The van der Waals surface area contributed by atoms with Gasteiger partial charge in [0.15, 0.2) is 0 Å². The molecule has 2 amide bonds. The van der Waals surface area contributed by atoms with E-state index >= 15 is 4.39 Å². The van der Waals surface area contributed by atoms with E-state index in [0.717, 1.165) is 23.8 Å². The molecule has 1 saturated carbocycles. The van der Waals surface area contributed by atoms with E-state index < -0.39 is 40.6 Å². The molecular formula is C20H20FN3O5. The van der Waals surface area contributed by atoms with Crippen molar-refractivity contribution in [2.75, 3.05) is 10.2 Å². The van der Waals surface area contributed by atoms with Gasteiger partial charge in [0, 0.05) is 19.2 Å². The van der Waals surface area contributed by atoms with Crippen LogP contribution in [-0.2, 0) is 9.59 Å². The third-order valence-corrected chi connectivity index (χ3v) is 5.42. The van der Waals surface area contributed by atoms with Gasteiger partial charge in [0.05, 0.1) is 16.6 Å². The van der Waals surface area contributed by atoms with Gasteiger partial charge in [-0.25, -0.2) is 9.18 Å². The minimum absolute atomic E-state index is 0.0260. The first-order valence-electron chi connectivity index (χ1n) is 9.38. The highest BCUT2D eigenvalue weighted by atomic mass is 19.1. The Kier molecular flexibility index (Phi) is 4.21. The number of fused-ring (bicyclic) bond motifs is 3. The Hall–Kier alpha value is -3.23. The molecule has 2 aliphatic rings. The Labute approximate surface area is 164 Å². The van der Waals surface area contributed by atoms with E-state index in [0.29, 0.717) is 0 Å². The summed E-state index contributed by atoms with van der Waals surface area (Å²) in [5.41, 5.74) is -1.13. The number of benzene rings is 1. The fourth-order valence-corrected chi connectivity index (χ4v) is 4.03. The zero-order chi connectivity index (χ0) is 21.2. The second kappa shape index (κ2) is 6.40. The number of rotatable bonds is 3. The highest BCUT2D eigenvalue weighted by molar-refractivity contribution is 6.17. The van der Waals surface area contributed by atoms with E-state index in [1.807, 2.05) is 0 Å². The Morgan fingerprint density at radius 3 is 2.45 bits per heavy atom. The van der Waals surface area contributed by atoms with E-state index in [9.17, 15) is 24.3 Å². The molecule has 8 nitrogen and oxygen atoms in total. The van der Waals surface area contributed by atoms with Gasteiger partial charge in [-0.15, -0.1) is 0 Å². The van der Waals surface area contributed by atoms with Crippen LogP contribution in [0.4, 0.5) is 15.8 Å². The molecule has 2 aromatic rings. The molecule has 0 unspecified atom stereocenters. The first kappa shape index (κ1) is 19.1. The van der Waals surface area contributed by atoms with Gasteiger partial charge < -0.3 is 15.0 Å². The van der Waals surface area contributed by atoms with Crippen LogP contribution < -0.4 is 15.6 Å². The standard InChI is InChI=1S/C20H20FN3O5/c1-8(2)15-19(27)22-14-16-11(6-13(21)17(14)24(15)9(3)25)18(26)12(20(28)29)7-23(16)10-4-5-10/h6-8,10,15H,4-5H2,1-3H3,(H,22,27)(H,28,29)/t15-/m0/s1. The number of hydrogen-bond donors (Lipinski definition) is 2. The molecule has 0 spiro atoms. The van der Waals surface area contributed by atoms with Crippen LogP contribution in [0.1, 0.15) is 50.0 Å². The maximum Gasteiger partial charge on any atom is 0.341 e. The summed E-state index contributed by atoms with van der Waals surface area (Å²) in [5, 5.41) is 11.9. The molecule has 1 aromatic carbocycles. The summed E-state index contributed by atoms with van der Waals surface area (Å²) in [6.45, 7) is 4.76. The first-order chi connectivity index (χ1) is 13.6. The van der Waals surface area contributed by atoms with Crippen molar-refractivity contribution in [2.45, 2.75) is 45.7 Å². The van der Waals surface area contributed by atoms with Crippen molar-refractivity contribution >= 4 is 40.1 Å². The van der Waals surface area contributed by atoms with Crippen molar-refractivity contribution in [3.63, 3.8) is 0 Å². The van der Waals surface area contributed by atoms with Crippen LogP contribution in [0.15, 0.2) is 17.1 Å². The summed E-state index contributed by atoms with van der Waals surface area (Å²) in [6, 6.07) is 0.00898. The van der Waals surface area contributed by atoms with Crippen molar-refractivity contribution < 1.29 is 23.9 Å². The highest BCUT2D eigenvalue weighted by Gasteiger charge is 2.41. The Morgan fingerprint density at radius 1 is 1.28 bits per heavy atom. The van der Waals surface area contributed by atoms with Crippen molar-refractivity contribution in [1.82, 2.24) is 4.57 Å². The highest BCUT2D eigenvalue weighted by Crippen LogP contribution is 2.45. The summed E-state index contributed by atoms with van der Waals surface area (Å²) in [7, 11) is 0. The largest absolute Gasteiger partial charge is 0.477 e. The van der Waals surface area contributed by atoms with Crippen LogP contribution in [0.2, 0.25) is 0 Å². The number of carbonyl (C=O) groups excluding carboxylic acids is 2. The SMILES string of the molecule is CC(=O)N1c2c(F)cc3c(=O)c(C(=O)O)cn(C4CC4)c3c2NC(=O)[C@@H]1C(C)C. The number of carboxylic acids is 1. The lowest BCUT2D eigenvalue weighted by Crippen LogP contribution is -2.53. The minimum atomic E-state index is -1.40. The lowest BCUT2D eigenvalue weighted by molar-refractivity contribution is -0.123. The summed E-state index contributed by atoms with van der Waals surface area (Å²) in [6.07, 6.45) is 2.77. The van der Waals surface area contributed by atoms with Gasteiger partial charge in [-0.05, 0) is 24.8 Å². The van der Waals surface area contributed by atoms with Crippen LogP contribution in [0.25, 0.3) is 10.9 Å². The molecule has 1 aliphatic heterocycles. The number of pyridine rings is 1. The number of aromatic nitrogens is 1. The Bertz CT molecular complexity index is 1150. The summed E-state index contributed by atoms with van der Waals surface area (Å²) in [5.74, 6) is -3.52. The van der Waals surface area contributed by atoms with Crippen LogP contribution in [0.3, 0.4) is 0 Å². The summed E-state index contributed by atoms with van der Waals surface area (Å²) in [4.78, 5) is 50.6. The smallest absolute Gasteiger partial charge is 0.341 e. The quantitative estimate of drug-likeness (QED) is 0.821. The molecular weight excluding hydrogens is 381 g/mol. The molecule has 0 bridgehead atoms. The van der Waals surface area contributed by atoms with Gasteiger partial charge in [0.1, 0.15) is 23.1 Å². The molecule has 29 heavy (non-hydrogen) atoms. The van der Waals surface area contributed by atoms with E-state index in [1.165, 1.54) is 13.1 Å². The van der Waals surface area contributed by atoms with Gasteiger partial charge in [-0.3, -0.25) is 19.3 Å². The molecule has 1 aliphatic carbocycles. The van der Waals surface area contributed by atoms with Gasteiger partial charge in [-0.1, -0.05) is 13.8 Å². The fraction of sp³-hybridized carbons (Fsp3) is 0.400.